The zero-order valence-corrected chi connectivity index (χ0v) is 31.1. The van der Waals surface area contributed by atoms with Gasteiger partial charge in [0.15, 0.2) is 5.78 Å². The molecule has 0 aromatic heterocycles. The Hall–Kier alpha value is -5.20. The molecule has 0 aliphatic rings. The second-order valence-electron chi connectivity index (χ2n) is 14.5. The van der Waals surface area contributed by atoms with Gasteiger partial charge in [-0.15, -0.1) is 0 Å². The molecule has 3 amide bonds. The van der Waals surface area contributed by atoms with Crippen molar-refractivity contribution in [1.82, 2.24) is 16.0 Å². The van der Waals surface area contributed by atoms with E-state index in [1.165, 1.54) is 0 Å². The lowest BCUT2D eigenvalue weighted by Gasteiger charge is -2.23. The van der Waals surface area contributed by atoms with Gasteiger partial charge in [-0.05, 0) is 78.4 Å². The first-order valence-electron chi connectivity index (χ1n) is 17.8. The summed E-state index contributed by atoms with van der Waals surface area (Å²) in [7, 11) is 0. The van der Waals surface area contributed by atoms with Gasteiger partial charge < -0.3 is 36.1 Å². The number of Topliss-reactive ketones (excluding diaryl/α,β-unsaturated/α-hetero) is 1. The van der Waals surface area contributed by atoms with Gasteiger partial charge in [0.2, 0.25) is 5.91 Å². The van der Waals surface area contributed by atoms with Gasteiger partial charge >= 0.3 is 12.2 Å². The molecule has 0 radical (unpaired) electrons. The van der Waals surface area contributed by atoms with Crippen LogP contribution in [0.2, 0.25) is 0 Å². The molecule has 0 aliphatic heterocycles. The number of hydrogen-bond acceptors (Lipinski definition) is 10. The maximum Gasteiger partial charge on any atom is 0.408 e. The molecule has 0 heterocycles. The van der Waals surface area contributed by atoms with Crippen molar-refractivity contribution in [2.45, 2.75) is 103 Å². The van der Waals surface area contributed by atoms with Gasteiger partial charge in [-0.3, -0.25) is 19.2 Å². The van der Waals surface area contributed by atoms with E-state index < -0.39 is 46.3 Å². The summed E-state index contributed by atoms with van der Waals surface area (Å²) < 4.78 is 10.7. The van der Waals surface area contributed by atoms with Crippen molar-refractivity contribution in [1.29, 1.82) is 0 Å². The number of hydrogen-bond donors (Lipinski definition) is 5. The fourth-order valence-corrected chi connectivity index (χ4v) is 5.26. The Balaban J connectivity index is 1.38. The Bertz CT molecular complexity index is 1560. The average molecular weight is 720 g/mol. The molecular formula is C39H53N5O8. The lowest BCUT2D eigenvalue weighted by Crippen LogP contribution is -2.42. The number of unbranched alkanes of at least 4 members (excludes halogenated alkanes) is 3. The SMILES string of the molecule is CC(C)(C)OC(=O)N[C@H](C(=O)CCCCCNc1c(NCCCCNC(=O)[C@@H](NC(=O)OC(C)(C)C)c2ccccc2)c(=O)c1=O)c1ccccc1. The van der Waals surface area contributed by atoms with Crippen molar-refractivity contribution < 1.29 is 28.7 Å². The zero-order chi connectivity index (χ0) is 38.3. The Kier molecular flexibility index (Phi) is 15.4. The molecule has 0 bridgehead atoms. The smallest absolute Gasteiger partial charge is 0.408 e. The predicted molar refractivity (Wildman–Crippen MR) is 201 cm³/mol. The van der Waals surface area contributed by atoms with Crippen molar-refractivity contribution in [3.8, 4) is 0 Å². The number of ketones is 1. The second kappa shape index (κ2) is 19.4. The molecule has 0 saturated carbocycles. The van der Waals surface area contributed by atoms with Crippen LogP contribution in [0.1, 0.15) is 103 Å². The van der Waals surface area contributed by atoms with E-state index in [4.69, 9.17) is 9.47 Å². The van der Waals surface area contributed by atoms with Crippen molar-refractivity contribution in [3.05, 3.63) is 92.2 Å². The molecular weight excluding hydrogens is 666 g/mol. The third kappa shape index (κ3) is 13.8. The number of anilines is 2. The lowest BCUT2D eigenvalue weighted by molar-refractivity contribution is -0.123. The van der Waals surface area contributed by atoms with Crippen LogP contribution < -0.4 is 37.4 Å². The van der Waals surface area contributed by atoms with E-state index in [1.54, 1.807) is 90.1 Å². The maximum absolute atomic E-state index is 13.1. The monoisotopic (exact) mass is 719 g/mol. The van der Waals surface area contributed by atoms with Gasteiger partial charge in [-0.2, -0.15) is 0 Å². The number of nitrogens with one attached hydrogen (secondary N) is 5. The molecule has 2 atom stereocenters. The van der Waals surface area contributed by atoms with Crippen LogP contribution in [0.4, 0.5) is 21.0 Å². The number of alkyl carbamates (subject to hydrolysis) is 2. The Morgan fingerprint density at radius 3 is 1.48 bits per heavy atom. The summed E-state index contributed by atoms with van der Waals surface area (Å²) in [6.45, 7) is 11.7. The van der Waals surface area contributed by atoms with Gasteiger partial charge in [0.1, 0.15) is 34.7 Å². The number of ether oxygens (including phenoxy) is 2. The van der Waals surface area contributed by atoms with E-state index in [-0.39, 0.29) is 29.5 Å². The summed E-state index contributed by atoms with van der Waals surface area (Å²) >= 11 is 0. The van der Waals surface area contributed by atoms with Crippen molar-refractivity contribution >= 4 is 35.3 Å². The first kappa shape index (κ1) is 41.2. The number of carbonyl (C=O) groups excluding carboxylic acids is 4. The lowest BCUT2D eigenvalue weighted by atomic mass is 9.98. The van der Waals surface area contributed by atoms with Crippen LogP contribution in [0, 0.1) is 0 Å². The highest BCUT2D eigenvalue weighted by molar-refractivity contribution is 5.88. The summed E-state index contributed by atoms with van der Waals surface area (Å²) in [5.41, 5.74) is -0.785. The highest BCUT2D eigenvalue weighted by Crippen LogP contribution is 2.20. The number of benzene rings is 2. The second-order valence-corrected chi connectivity index (χ2v) is 14.5. The summed E-state index contributed by atoms with van der Waals surface area (Å²) in [6, 6.07) is 16.1. The molecule has 0 aliphatic carbocycles. The molecule has 0 saturated heterocycles. The molecule has 3 aromatic carbocycles. The Labute approximate surface area is 305 Å². The maximum atomic E-state index is 13.1. The van der Waals surface area contributed by atoms with Crippen LogP contribution in [-0.4, -0.2) is 54.7 Å². The van der Waals surface area contributed by atoms with Crippen LogP contribution in [0.25, 0.3) is 0 Å². The van der Waals surface area contributed by atoms with Gasteiger partial charge in [-0.25, -0.2) is 9.59 Å². The molecule has 3 rings (SSSR count). The van der Waals surface area contributed by atoms with E-state index in [0.29, 0.717) is 62.9 Å². The summed E-state index contributed by atoms with van der Waals surface area (Å²) in [5, 5.41) is 14.3. The van der Waals surface area contributed by atoms with Gasteiger partial charge in [0, 0.05) is 26.1 Å². The third-order valence-electron chi connectivity index (χ3n) is 7.69. The number of rotatable bonds is 19. The van der Waals surface area contributed by atoms with Crippen LogP contribution in [0.3, 0.4) is 0 Å². The van der Waals surface area contributed by atoms with E-state index in [1.807, 2.05) is 12.1 Å². The van der Waals surface area contributed by atoms with E-state index in [2.05, 4.69) is 26.6 Å². The summed E-state index contributed by atoms with van der Waals surface area (Å²) in [4.78, 5) is 75.4. The molecule has 5 N–H and O–H groups in total. The molecule has 52 heavy (non-hydrogen) atoms. The van der Waals surface area contributed by atoms with Crippen molar-refractivity contribution in [2.75, 3.05) is 30.3 Å². The quantitative estimate of drug-likeness (QED) is 0.0766. The Morgan fingerprint density at radius 2 is 1.00 bits per heavy atom. The third-order valence-corrected chi connectivity index (χ3v) is 7.69. The van der Waals surface area contributed by atoms with Crippen LogP contribution in [-0.2, 0) is 19.1 Å². The molecule has 0 fully saturated rings. The molecule has 13 nitrogen and oxygen atoms in total. The van der Waals surface area contributed by atoms with E-state index in [0.717, 1.165) is 0 Å². The molecule has 3 aromatic rings. The van der Waals surface area contributed by atoms with Gasteiger partial charge in [0.05, 0.1) is 0 Å². The zero-order valence-electron chi connectivity index (χ0n) is 31.1. The number of carbonyl (C=O) groups is 4. The minimum absolute atomic E-state index is 0.132. The fraction of sp³-hybridized carbons (Fsp3) is 0.487. The largest absolute Gasteiger partial charge is 0.444 e. The first-order valence-corrected chi connectivity index (χ1v) is 17.8. The summed E-state index contributed by atoms with van der Waals surface area (Å²) in [6.07, 6.45) is 2.01. The topological polar surface area (TPSA) is 181 Å². The normalized spacial score (nSPS) is 12.7. The predicted octanol–water partition coefficient (Wildman–Crippen LogP) is 5.66. The molecule has 13 heteroatoms. The fourth-order valence-electron chi connectivity index (χ4n) is 5.26. The summed E-state index contributed by atoms with van der Waals surface area (Å²) in [5.74, 6) is -0.510. The molecule has 0 unspecified atom stereocenters. The minimum atomic E-state index is -0.931. The standard InChI is InChI=1S/C39H53N5O8/c1-38(2,3)51-36(49)43-29(26-18-10-7-11-19-26)28(45)22-14-9-15-23-40-31-32(34(47)33(31)46)41-24-16-17-25-42-35(48)30(27-20-12-8-13-21-27)44-37(50)52-39(4,5)6/h7-8,10-13,18-21,29-30,40-41H,9,14-17,22-25H2,1-6H3,(H,42,48)(H,43,49)(H,44,50)/t29-,30-/m0/s1. The molecule has 0 spiro atoms. The van der Waals surface area contributed by atoms with Crippen LogP contribution >= 0.6 is 0 Å². The Morgan fingerprint density at radius 1 is 0.577 bits per heavy atom. The first-order chi connectivity index (χ1) is 24.6. The minimum Gasteiger partial charge on any atom is -0.444 e. The highest BCUT2D eigenvalue weighted by Gasteiger charge is 2.27. The van der Waals surface area contributed by atoms with E-state index >= 15 is 0 Å². The van der Waals surface area contributed by atoms with Gasteiger partial charge in [-0.1, -0.05) is 67.1 Å². The van der Waals surface area contributed by atoms with Crippen molar-refractivity contribution in [3.63, 3.8) is 0 Å². The average Bonchev–Trinajstić information content (AvgIpc) is 3.08. The molecule has 282 valence electrons. The van der Waals surface area contributed by atoms with Crippen molar-refractivity contribution in [2.24, 2.45) is 0 Å². The van der Waals surface area contributed by atoms with E-state index in [9.17, 15) is 28.8 Å². The number of amides is 3. The van der Waals surface area contributed by atoms with Crippen LogP contribution in [0.5, 0.6) is 0 Å². The van der Waals surface area contributed by atoms with Gasteiger partial charge in [0.25, 0.3) is 10.9 Å². The highest BCUT2D eigenvalue weighted by atomic mass is 16.6. The van der Waals surface area contributed by atoms with Crippen LogP contribution in [0.15, 0.2) is 70.3 Å².